The standard InChI is InChI=1S/C18H26O2/c1-4-6-13-7-5-8-14(11-13)16-12-18(2,3)10-9-15(16)17(19)20/h5,7-8,11,15-16H,4,6,9-10,12H2,1-3H3,(H,19,20). The zero-order valence-electron chi connectivity index (χ0n) is 12.9. The van der Waals surface area contributed by atoms with Gasteiger partial charge in [-0.05, 0) is 48.1 Å². The van der Waals surface area contributed by atoms with E-state index in [1.807, 2.05) is 0 Å². The van der Waals surface area contributed by atoms with Crippen molar-refractivity contribution in [2.45, 2.75) is 58.8 Å². The first-order chi connectivity index (χ1) is 9.43. The molecule has 1 N–H and O–H groups in total. The van der Waals surface area contributed by atoms with Crippen LogP contribution in [-0.4, -0.2) is 11.1 Å². The van der Waals surface area contributed by atoms with Gasteiger partial charge < -0.3 is 5.11 Å². The number of carboxylic acid groups (broad SMARTS) is 1. The molecule has 0 bridgehead atoms. The highest BCUT2D eigenvalue weighted by atomic mass is 16.4. The van der Waals surface area contributed by atoms with Crippen LogP contribution < -0.4 is 0 Å². The third-order valence-corrected chi connectivity index (χ3v) is 4.63. The van der Waals surface area contributed by atoms with Crippen molar-refractivity contribution >= 4 is 5.97 Å². The topological polar surface area (TPSA) is 37.3 Å². The molecular weight excluding hydrogens is 248 g/mol. The van der Waals surface area contributed by atoms with Crippen LogP contribution in [0.5, 0.6) is 0 Å². The van der Waals surface area contributed by atoms with Crippen molar-refractivity contribution in [1.82, 2.24) is 0 Å². The van der Waals surface area contributed by atoms with Crippen molar-refractivity contribution in [3.63, 3.8) is 0 Å². The summed E-state index contributed by atoms with van der Waals surface area (Å²) in [4.78, 5) is 11.6. The van der Waals surface area contributed by atoms with Gasteiger partial charge in [0, 0.05) is 0 Å². The van der Waals surface area contributed by atoms with Crippen LogP contribution in [0.4, 0.5) is 0 Å². The third-order valence-electron chi connectivity index (χ3n) is 4.63. The molecule has 2 atom stereocenters. The van der Waals surface area contributed by atoms with Crippen molar-refractivity contribution < 1.29 is 9.90 Å². The van der Waals surface area contributed by atoms with E-state index in [4.69, 9.17) is 0 Å². The number of rotatable bonds is 4. The van der Waals surface area contributed by atoms with Gasteiger partial charge in [0.2, 0.25) is 0 Å². The van der Waals surface area contributed by atoms with Gasteiger partial charge in [-0.15, -0.1) is 0 Å². The Morgan fingerprint density at radius 1 is 1.40 bits per heavy atom. The van der Waals surface area contributed by atoms with Gasteiger partial charge in [0.25, 0.3) is 0 Å². The second-order valence-electron chi connectivity index (χ2n) is 6.95. The molecule has 2 heteroatoms. The Hall–Kier alpha value is -1.31. The molecule has 1 aliphatic rings. The quantitative estimate of drug-likeness (QED) is 0.869. The second kappa shape index (κ2) is 5.99. The predicted octanol–water partition coefficient (Wildman–Crippen LogP) is 4.63. The van der Waals surface area contributed by atoms with E-state index in [-0.39, 0.29) is 17.3 Å². The predicted molar refractivity (Wildman–Crippen MR) is 81.9 cm³/mol. The first-order valence-electron chi connectivity index (χ1n) is 7.74. The van der Waals surface area contributed by atoms with Crippen molar-refractivity contribution in [3.05, 3.63) is 35.4 Å². The molecule has 0 radical (unpaired) electrons. The molecule has 1 aromatic carbocycles. The summed E-state index contributed by atoms with van der Waals surface area (Å²) in [5.41, 5.74) is 2.80. The molecule has 1 aliphatic carbocycles. The van der Waals surface area contributed by atoms with Crippen molar-refractivity contribution in [2.24, 2.45) is 11.3 Å². The van der Waals surface area contributed by atoms with Crippen LogP contribution in [0, 0.1) is 11.3 Å². The number of hydrogen-bond donors (Lipinski definition) is 1. The summed E-state index contributed by atoms with van der Waals surface area (Å²) in [5, 5.41) is 9.51. The maximum atomic E-state index is 11.6. The molecule has 0 saturated heterocycles. The zero-order valence-corrected chi connectivity index (χ0v) is 12.9. The molecule has 0 spiro atoms. The molecule has 0 aromatic heterocycles. The maximum absolute atomic E-state index is 11.6. The molecule has 0 heterocycles. The highest BCUT2D eigenvalue weighted by molar-refractivity contribution is 5.71. The van der Waals surface area contributed by atoms with Crippen molar-refractivity contribution in [3.8, 4) is 0 Å². The van der Waals surface area contributed by atoms with E-state index in [2.05, 4.69) is 45.0 Å². The Morgan fingerprint density at radius 3 is 2.80 bits per heavy atom. The largest absolute Gasteiger partial charge is 0.481 e. The molecule has 1 fully saturated rings. The van der Waals surface area contributed by atoms with Crippen LogP contribution >= 0.6 is 0 Å². The van der Waals surface area contributed by atoms with Crippen LogP contribution in [0.25, 0.3) is 0 Å². The molecular formula is C18H26O2. The van der Waals surface area contributed by atoms with Crippen LogP contribution in [0.15, 0.2) is 24.3 Å². The van der Waals surface area contributed by atoms with E-state index >= 15 is 0 Å². The fraction of sp³-hybridized carbons (Fsp3) is 0.611. The van der Waals surface area contributed by atoms with E-state index in [0.717, 1.165) is 32.1 Å². The molecule has 0 aliphatic heterocycles. The van der Waals surface area contributed by atoms with E-state index in [1.54, 1.807) is 0 Å². The Kier molecular flexibility index (Phi) is 4.52. The van der Waals surface area contributed by atoms with Gasteiger partial charge in [0.1, 0.15) is 0 Å². The minimum atomic E-state index is -0.633. The third kappa shape index (κ3) is 3.41. The average Bonchev–Trinajstić information content (AvgIpc) is 2.38. The fourth-order valence-corrected chi connectivity index (χ4v) is 3.50. The molecule has 1 saturated carbocycles. The van der Waals surface area contributed by atoms with Gasteiger partial charge in [-0.3, -0.25) is 4.79 Å². The van der Waals surface area contributed by atoms with E-state index in [0.29, 0.717) is 0 Å². The van der Waals surface area contributed by atoms with Gasteiger partial charge in [-0.1, -0.05) is 51.5 Å². The Bertz CT molecular complexity index is 476. The molecule has 2 unspecified atom stereocenters. The summed E-state index contributed by atoms with van der Waals surface area (Å²) in [6, 6.07) is 8.57. The smallest absolute Gasteiger partial charge is 0.307 e. The summed E-state index contributed by atoms with van der Waals surface area (Å²) in [7, 11) is 0. The molecule has 2 nitrogen and oxygen atoms in total. The number of aryl methyl sites for hydroxylation is 1. The van der Waals surface area contributed by atoms with Gasteiger partial charge in [-0.2, -0.15) is 0 Å². The number of carbonyl (C=O) groups is 1. The molecule has 1 aromatic rings. The highest BCUT2D eigenvalue weighted by Crippen LogP contribution is 2.46. The fourth-order valence-electron chi connectivity index (χ4n) is 3.50. The summed E-state index contributed by atoms with van der Waals surface area (Å²) in [6.07, 6.45) is 4.98. The van der Waals surface area contributed by atoms with Gasteiger partial charge in [0.05, 0.1) is 5.92 Å². The Balaban J connectivity index is 2.30. The summed E-state index contributed by atoms with van der Waals surface area (Å²) in [6.45, 7) is 6.69. The van der Waals surface area contributed by atoms with Crippen LogP contribution in [0.3, 0.4) is 0 Å². The first-order valence-corrected chi connectivity index (χ1v) is 7.74. The average molecular weight is 274 g/mol. The number of hydrogen-bond acceptors (Lipinski definition) is 1. The van der Waals surface area contributed by atoms with E-state index in [9.17, 15) is 9.90 Å². The van der Waals surface area contributed by atoms with Crippen LogP contribution in [0.2, 0.25) is 0 Å². The monoisotopic (exact) mass is 274 g/mol. The van der Waals surface area contributed by atoms with Gasteiger partial charge in [0.15, 0.2) is 0 Å². The van der Waals surface area contributed by atoms with Crippen LogP contribution in [0.1, 0.15) is 63.5 Å². The summed E-state index contributed by atoms with van der Waals surface area (Å²) >= 11 is 0. The number of aliphatic carboxylic acids is 1. The van der Waals surface area contributed by atoms with E-state index in [1.165, 1.54) is 11.1 Å². The summed E-state index contributed by atoms with van der Waals surface area (Å²) < 4.78 is 0. The molecule has 0 amide bonds. The lowest BCUT2D eigenvalue weighted by Crippen LogP contribution is -2.33. The lowest BCUT2D eigenvalue weighted by Gasteiger charge is -2.39. The SMILES string of the molecule is CCCc1cccc(C2CC(C)(C)CCC2C(=O)O)c1. The normalized spacial score (nSPS) is 25.4. The van der Waals surface area contributed by atoms with Crippen molar-refractivity contribution in [1.29, 1.82) is 0 Å². The minimum Gasteiger partial charge on any atom is -0.481 e. The minimum absolute atomic E-state index is 0.160. The van der Waals surface area contributed by atoms with Crippen molar-refractivity contribution in [2.75, 3.05) is 0 Å². The van der Waals surface area contributed by atoms with Crippen LogP contribution in [-0.2, 0) is 11.2 Å². The van der Waals surface area contributed by atoms with Gasteiger partial charge in [-0.25, -0.2) is 0 Å². The van der Waals surface area contributed by atoms with Gasteiger partial charge >= 0.3 is 5.97 Å². The first kappa shape index (κ1) is 15.1. The maximum Gasteiger partial charge on any atom is 0.307 e. The molecule has 2 rings (SSSR count). The lowest BCUT2D eigenvalue weighted by molar-refractivity contribution is -0.144. The Labute approximate surface area is 122 Å². The zero-order chi connectivity index (χ0) is 14.8. The highest BCUT2D eigenvalue weighted by Gasteiger charge is 2.39. The lowest BCUT2D eigenvalue weighted by atomic mass is 9.65. The number of carboxylic acids is 1. The molecule has 110 valence electrons. The molecule has 20 heavy (non-hydrogen) atoms. The number of benzene rings is 1. The van der Waals surface area contributed by atoms with E-state index < -0.39 is 5.97 Å². The summed E-state index contributed by atoms with van der Waals surface area (Å²) in [5.74, 6) is -0.695. The second-order valence-corrected chi connectivity index (χ2v) is 6.95. The Morgan fingerprint density at radius 2 is 2.15 bits per heavy atom.